The lowest BCUT2D eigenvalue weighted by atomic mass is 10.2. The molecule has 8 heteroatoms. The number of alkyl halides is 3. The van der Waals surface area contributed by atoms with Gasteiger partial charge in [-0.25, -0.2) is 0 Å². The lowest BCUT2D eigenvalue weighted by Crippen LogP contribution is -2.30. The first-order chi connectivity index (χ1) is 10.4. The maximum atomic E-state index is 12.8. The molecule has 1 unspecified atom stereocenters. The minimum atomic E-state index is -4.52. The molecule has 1 fully saturated rings. The minimum Gasteiger partial charge on any atom is -0.329 e. The fourth-order valence-corrected chi connectivity index (χ4v) is 3.64. The number of thiophene rings is 1. The van der Waals surface area contributed by atoms with E-state index in [1.165, 1.54) is 7.05 Å². The number of aromatic nitrogens is 2. The largest absolute Gasteiger partial charge is 0.433 e. The van der Waals surface area contributed by atoms with Gasteiger partial charge in [-0.2, -0.15) is 18.3 Å². The Hall–Kier alpha value is -1.83. The van der Waals surface area contributed by atoms with Crippen molar-refractivity contribution in [2.75, 3.05) is 6.54 Å². The standard InChI is InChI=1S/C14H14F3N3OS/c1-19-12(14(15,16)17)8-9(18-19)13(21)20-6-2-4-10(20)11-5-3-7-22-11/h3,5,7-8,10H,2,4,6H2,1H3. The molecule has 0 aromatic carbocycles. The number of likely N-dealkylation sites (tertiary alicyclic amines) is 1. The molecule has 3 heterocycles. The van der Waals surface area contributed by atoms with Crippen molar-refractivity contribution < 1.29 is 18.0 Å². The summed E-state index contributed by atoms with van der Waals surface area (Å²) in [6, 6.07) is 4.61. The van der Waals surface area contributed by atoms with Gasteiger partial charge in [-0.3, -0.25) is 9.48 Å². The highest BCUT2D eigenvalue weighted by Gasteiger charge is 2.38. The number of carbonyl (C=O) groups is 1. The van der Waals surface area contributed by atoms with E-state index >= 15 is 0 Å². The molecule has 3 rings (SSSR count). The summed E-state index contributed by atoms with van der Waals surface area (Å²) in [5.41, 5.74) is -1.07. The molecule has 4 nitrogen and oxygen atoms in total. The van der Waals surface area contributed by atoms with Crippen molar-refractivity contribution in [1.29, 1.82) is 0 Å². The van der Waals surface area contributed by atoms with Crippen molar-refractivity contribution >= 4 is 17.2 Å². The van der Waals surface area contributed by atoms with E-state index in [1.807, 2.05) is 17.5 Å². The molecule has 0 N–H and O–H groups in total. The number of aryl methyl sites for hydroxylation is 1. The van der Waals surface area contributed by atoms with Crippen LogP contribution < -0.4 is 0 Å². The first-order valence-electron chi connectivity index (χ1n) is 6.83. The second-order valence-electron chi connectivity index (χ2n) is 5.21. The average molecular weight is 329 g/mol. The second-order valence-corrected chi connectivity index (χ2v) is 6.19. The van der Waals surface area contributed by atoms with Crippen LogP contribution in [-0.2, 0) is 13.2 Å². The lowest BCUT2D eigenvalue weighted by Gasteiger charge is -2.22. The summed E-state index contributed by atoms with van der Waals surface area (Å²) in [7, 11) is 1.19. The molecule has 0 aliphatic carbocycles. The van der Waals surface area contributed by atoms with E-state index in [0.717, 1.165) is 23.8 Å². The number of nitrogens with zero attached hydrogens (tertiary/aromatic N) is 3. The zero-order valence-corrected chi connectivity index (χ0v) is 12.6. The summed E-state index contributed by atoms with van der Waals surface area (Å²) in [6.07, 6.45) is -2.85. The van der Waals surface area contributed by atoms with Crippen LogP contribution in [0.5, 0.6) is 0 Å². The Morgan fingerprint density at radius 2 is 2.23 bits per heavy atom. The van der Waals surface area contributed by atoms with Crippen LogP contribution in [0.1, 0.15) is 39.9 Å². The number of hydrogen-bond acceptors (Lipinski definition) is 3. The van der Waals surface area contributed by atoms with Crippen LogP contribution >= 0.6 is 11.3 Å². The second kappa shape index (κ2) is 5.42. The van der Waals surface area contributed by atoms with E-state index in [2.05, 4.69) is 5.10 Å². The van der Waals surface area contributed by atoms with Gasteiger partial charge in [0.15, 0.2) is 5.69 Å². The highest BCUT2D eigenvalue weighted by Crippen LogP contribution is 2.36. The van der Waals surface area contributed by atoms with Gasteiger partial charge in [-0.15, -0.1) is 11.3 Å². The lowest BCUT2D eigenvalue weighted by molar-refractivity contribution is -0.143. The highest BCUT2D eigenvalue weighted by molar-refractivity contribution is 7.10. The Bertz CT molecular complexity index is 678. The fourth-order valence-electron chi connectivity index (χ4n) is 2.77. The summed E-state index contributed by atoms with van der Waals surface area (Å²) >= 11 is 1.55. The van der Waals surface area contributed by atoms with Gasteiger partial charge in [-0.05, 0) is 24.3 Å². The van der Waals surface area contributed by atoms with Gasteiger partial charge in [-0.1, -0.05) is 6.07 Å². The number of rotatable bonds is 2. The van der Waals surface area contributed by atoms with Crippen molar-refractivity contribution in [3.63, 3.8) is 0 Å². The number of carbonyl (C=O) groups excluding carboxylic acids is 1. The molecule has 1 amide bonds. The summed E-state index contributed by atoms with van der Waals surface area (Å²) in [4.78, 5) is 15.2. The summed E-state index contributed by atoms with van der Waals surface area (Å²) in [5, 5.41) is 5.68. The molecule has 1 saturated heterocycles. The topological polar surface area (TPSA) is 38.1 Å². The molecular weight excluding hydrogens is 315 g/mol. The van der Waals surface area contributed by atoms with Gasteiger partial charge in [0.05, 0.1) is 6.04 Å². The zero-order valence-electron chi connectivity index (χ0n) is 11.8. The molecule has 0 bridgehead atoms. The Labute approximate surface area is 129 Å². The number of hydrogen-bond donors (Lipinski definition) is 0. The molecule has 1 atom stereocenters. The molecule has 0 radical (unpaired) electrons. The maximum Gasteiger partial charge on any atom is 0.433 e. The summed E-state index contributed by atoms with van der Waals surface area (Å²) in [6.45, 7) is 0.541. The van der Waals surface area contributed by atoms with Crippen LogP contribution in [0.2, 0.25) is 0 Å². The Kier molecular flexibility index (Phi) is 3.72. The van der Waals surface area contributed by atoms with Crippen LogP contribution in [0.4, 0.5) is 13.2 Å². The fraction of sp³-hybridized carbons (Fsp3) is 0.429. The number of amides is 1. The van der Waals surface area contributed by atoms with E-state index in [0.29, 0.717) is 11.2 Å². The van der Waals surface area contributed by atoms with Crippen molar-refractivity contribution in [2.24, 2.45) is 7.05 Å². The summed E-state index contributed by atoms with van der Waals surface area (Å²) in [5.74, 6) is -0.443. The van der Waals surface area contributed by atoms with Crippen LogP contribution in [0.3, 0.4) is 0 Å². The predicted octanol–water partition coefficient (Wildman–Crippen LogP) is 3.48. The van der Waals surface area contributed by atoms with E-state index < -0.39 is 17.8 Å². The first-order valence-corrected chi connectivity index (χ1v) is 7.71. The van der Waals surface area contributed by atoms with Crippen molar-refractivity contribution in [3.8, 4) is 0 Å². The van der Waals surface area contributed by atoms with Crippen LogP contribution in [0.25, 0.3) is 0 Å². The molecular formula is C14H14F3N3OS. The van der Waals surface area contributed by atoms with Gasteiger partial charge >= 0.3 is 6.18 Å². The highest BCUT2D eigenvalue weighted by atomic mass is 32.1. The van der Waals surface area contributed by atoms with Crippen molar-refractivity contribution in [3.05, 3.63) is 39.8 Å². The van der Waals surface area contributed by atoms with Gasteiger partial charge in [0.2, 0.25) is 0 Å². The normalized spacial score (nSPS) is 18.9. The van der Waals surface area contributed by atoms with Crippen LogP contribution in [0, 0.1) is 0 Å². The van der Waals surface area contributed by atoms with E-state index in [-0.39, 0.29) is 11.7 Å². The average Bonchev–Trinajstić information content (AvgIpc) is 3.16. The van der Waals surface area contributed by atoms with Gasteiger partial charge < -0.3 is 4.90 Å². The quantitative estimate of drug-likeness (QED) is 0.846. The third-order valence-corrected chi connectivity index (χ3v) is 4.75. The molecule has 0 saturated carbocycles. The molecule has 22 heavy (non-hydrogen) atoms. The zero-order chi connectivity index (χ0) is 15.9. The molecule has 118 valence electrons. The van der Waals surface area contributed by atoms with Crippen LogP contribution in [-0.4, -0.2) is 27.1 Å². The predicted molar refractivity (Wildman–Crippen MR) is 75.5 cm³/mol. The van der Waals surface area contributed by atoms with Gasteiger partial charge in [0.1, 0.15) is 5.69 Å². The molecule has 1 aliphatic heterocycles. The Morgan fingerprint density at radius 3 is 2.82 bits per heavy atom. The SMILES string of the molecule is Cn1nc(C(=O)N2CCCC2c2cccs2)cc1C(F)(F)F. The Balaban J connectivity index is 1.88. The Morgan fingerprint density at radius 1 is 1.45 bits per heavy atom. The number of halogens is 3. The third-order valence-electron chi connectivity index (χ3n) is 3.77. The maximum absolute atomic E-state index is 12.8. The molecule has 2 aromatic rings. The van der Waals surface area contributed by atoms with Gasteiger partial charge in [0.25, 0.3) is 5.91 Å². The van der Waals surface area contributed by atoms with E-state index in [1.54, 1.807) is 16.2 Å². The van der Waals surface area contributed by atoms with Gasteiger partial charge in [0, 0.05) is 24.5 Å². The molecule has 1 aliphatic rings. The van der Waals surface area contributed by atoms with E-state index in [9.17, 15) is 18.0 Å². The monoisotopic (exact) mass is 329 g/mol. The first kappa shape index (κ1) is 15.1. The van der Waals surface area contributed by atoms with E-state index in [4.69, 9.17) is 0 Å². The van der Waals surface area contributed by atoms with Crippen LogP contribution in [0.15, 0.2) is 23.6 Å². The minimum absolute atomic E-state index is 0.0659. The smallest absolute Gasteiger partial charge is 0.329 e. The van der Waals surface area contributed by atoms with Crippen molar-refractivity contribution in [1.82, 2.24) is 14.7 Å². The summed E-state index contributed by atoms with van der Waals surface area (Å²) < 4.78 is 39.2. The molecule has 2 aromatic heterocycles. The third kappa shape index (κ3) is 2.63. The van der Waals surface area contributed by atoms with Crippen molar-refractivity contribution in [2.45, 2.75) is 25.1 Å². The molecule has 0 spiro atoms.